The first-order valence-electron chi connectivity index (χ1n) is 10.6. The van der Waals surface area contributed by atoms with Gasteiger partial charge in [0.05, 0.1) is 12.6 Å². The van der Waals surface area contributed by atoms with E-state index in [0.29, 0.717) is 24.7 Å². The van der Waals surface area contributed by atoms with Crippen LogP contribution < -0.4 is 10.1 Å². The van der Waals surface area contributed by atoms with Gasteiger partial charge >= 0.3 is 0 Å². The lowest BCUT2D eigenvalue weighted by Crippen LogP contribution is -2.55. The molecule has 1 aliphatic carbocycles. The Labute approximate surface area is 168 Å². The van der Waals surface area contributed by atoms with Gasteiger partial charge in [0.15, 0.2) is 0 Å². The second-order valence-electron chi connectivity index (χ2n) is 7.87. The van der Waals surface area contributed by atoms with Crippen molar-refractivity contribution < 1.29 is 14.3 Å². The monoisotopic (exact) mass is 387 g/mol. The molecule has 154 valence electrons. The van der Waals surface area contributed by atoms with Crippen LogP contribution in [0.5, 0.6) is 5.75 Å². The molecule has 2 aliphatic rings. The standard InChI is InChI=1S/C22H33N3O3/c1-3-4-5-16-28-20-10-6-18(7-11-20)22(27)25-14-12-24(13-15-25)17(2)21(26)23-19-8-9-19/h6-7,10-11,17,19H,3-5,8-9,12-16H2,1-2H3,(H,23,26). The number of piperazine rings is 1. The Hall–Kier alpha value is -2.08. The number of rotatable bonds is 9. The van der Waals surface area contributed by atoms with Crippen LogP contribution in [0.3, 0.4) is 0 Å². The van der Waals surface area contributed by atoms with Crippen molar-refractivity contribution in [2.45, 2.75) is 58.0 Å². The number of ether oxygens (including phenoxy) is 1. The summed E-state index contributed by atoms with van der Waals surface area (Å²) in [6, 6.07) is 7.68. The van der Waals surface area contributed by atoms with E-state index < -0.39 is 0 Å². The van der Waals surface area contributed by atoms with Crippen molar-refractivity contribution in [1.29, 1.82) is 0 Å². The Morgan fingerprint density at radius 2 is 1.79 bits per heavy atom. The van der Waals surface area contributed by atoms with E-state index in [9.17, 15) is 9.59 Å². The topological polar surface area (TPSA) is 61.9 Å². The van der Waals surface area contributed by atoms with Gasteiger partial charge in [-0.3, -0.25) is 14.5 Å². The third-order valence-corrected chi connectivity index (χ3v) is 5.57. The maximum absolute atomic E-state index is 12.8. The van der Waals surface area contributed by atoms with Crippen LogP contribution in [-0.4, -0.2) is 66.5 Å². The lowest BCUT2D eigenvalue weighted by atomic mass is 10.1. The second kappa shape index (κ2) is 9.92. The van der Waals surface area contributed by atoms with E-state index in [2.05, 4.69) is 17.1 Å². The highest BCUT2D eigenvalue weighted by Gasteiger charge is 2.31. The van der Waals surface area contributed by atoms with Gasteiger partial charge in [-0.05, 0) is 50.5 Å². The molecule has 1 aromatic rings. The molecule has 1 unspecified atom stereocenters. The molecule has 0 aromatic heterocycles. The number of unbranched alkanes of at least 4 members (excludes halogenated alkanes) is 2. The molecule has 0 spiro atoms. The largest absolute Gasteiger partial charge is 0.494 e. The van der Waals surface area contributed by atoms with Crippen molar-refractivity contribution in [2.24, 2.45) is 0 Å². The van der Waals surface area contributed by atoms with Crippen LogP contribution in [0, 0.1) is 0 Å². The molecule has 0 radical (unpaired) electrons. The summed E-state index contributed by atoms with van der Waals surface area (Å²) in [6.07, 6.45) is 5.60. The first-order chi connectivity index (χ1) is 13.6. The summed E-state index contributed by atoms with van der Waals surface area (Å²) in [7, 11) is 0. The van der Waals surface area contributed by atoms with Gasteiger partial charge < -0.3 is 15.0 Å². The Balaban J connectivity index is 1.44. The molecule has 1 N–H and O–H groups in total. The zero-order chi connectivity index (χ0) is 19.9. The number of carbonyl (C=O) groups is 2. The molecule has 6 heteroatoms. The fourth-order valence-corrected chi connectivity index (χ4v) is 3.45. The van der Waals surface area contributed by atoms with Gasteiger partial charge in [-0.15, -0.1) is 0 Å². The molecular weight excluding hydrogens is 354 g/mol. The smallest absolute Gasteiger partial charge is 0.253 e. The fraction of sp³-hybridized carbons (Fsp3) is 0.636. The molecular formula is C22H33N3O3. The van der Waals surface area contributed by atoms with Gasteiger partial charge in [0, 0.05) is 37.8 Å². The van der Waals surface area contributed by atoms with Crippen molar-refractivity contribution in [2.75, 3.05) is 32.8 Å². The fourth-order valence-electron chi connectivity index (χ4n) is 3.45. The van der Waals surface area contributed by atoms with E-state index in [-0.39, 0.29) is 17.9 Å². The van der Waals surface area contributed by atoms with Crippen LogP contribution in [0.25, 0.3) is 0 Å². The molecule has 1 saturated heterocycles. The highest BCUT2D eigenvalue weighted by molar-refractivity contribution is 5.94. The molecule has 6 nitrogen and oxygen atoms in total. The van der Waals surface area contributed by atoms with Gasteiger partial charge in [-0.25, -0.2) is 0 Å². The Kier molecular flexibility index (Phi) is 7.31. The van der Waals surface area contributed by atoms with Gasteiger partial charge in [0.2, 0.25) is 5.91 Å². The first-order valence-corrected chi connectivity index (χ1v) is 10.6. The predicted octanol–water partition coefficient (Wildman–Crippen LogP) is 2.68. The van der Waals surface area contributed by atoms with Crippen LogP contribution in [0.4, 0.5) is 0 Å². The third kappa shape index (κ3) is 5.71. The molecule has 1 aliphatic heterocycles. The van der Waals surface area contributed by atoms with Crippen LogP contribution >= 0.6 is 0 Å². The normalized spacial score (nSPS) is 18.6. The number of hydrogen-bond donors (Lipinski definition) is 1. The van der Waals surface area contributed by atoms with Gasteiger partial charge in [0.25, 0.3) is 5.91 Å². The number of carbonyl (C=O) groups excluding carboxylic acids is 2. The zero-order valence-electron chi connectivity index (χ0n) is 17.2. The van der Waals surface area contributed by atoms with E-state index in [1.165, 1.54) is 12.8 Å². The minimum absolute atomic E-state index is 0.0484. The molecule has 28 heavy (non-hydrogen) atoms. The number of hydrogen-bond acceptors (Lipinski definition) is 4. The third-order valence-electron chi connectivity index (χ3n) is 5.57. The van der Waals surface area contributed by atoms with Crippen LogP contribution in [0.2, 0.25) is 0 Å². The van der Waals surface area contributed by atoms with Crippen molar-refractivity contribution in [3.63, 3.8) is 0 Å². The van der Waals surface area contributed by atoms with Crippen LogP contribution in [0.15, 0.2) is 24.3 Å². The van der Waals surface area contributed by atoms with Gasteiger partial charge in [0.1, 0.15) is 5.75 Å². The lowest BCUT2D eigenvalue weighted by Gasteiger charge is -2.37. The highest BCUT2D eigenvalue weighted by atomic mass is 16.5. The average molecular weight is 388 g/mol. The van der Waals surface area contributed by atoms with Crippen molar-refractivity contribution >= 4 is 11.8 Å². The Morgan fingerprint density at radius 1 is 1.11 bits per heavy atom. The van der Waals surface area contributed by atoms with Crippen molar-refractivity contribution in [3.8, 4) is 5.75 Å². The van der Waals surface area contributed by atoms with E-state index >= 15 is 0 Å². The van der Waals surface area contributed by atoms with Crippen LogP contribution in [-0.2, 0) is 4.79 Å². The quantitative estimate of drug-likeness (QED) is 0.662. The summed E-state index contributed by atoms with van der Waals surface area (Å²) in [6.45, 7) is 7.59. The van der Waals surface area contributed by atoms with Crippen molar-refractivity contribution in [1.82, 2.24) is 15.1 Å². The number of nitrogens with zero attached hydrogens (tertiary/aromatic N) is 2. The molecule has 2 fully saturated rings. The maximum Gasteiger partial charge on any atom is 0.253 e. The van der Waals surface area contributed by atoms with Crippen LogP contribution in [0.1, 0.15) is 56.3 Å². The minimum atomic E-state index is -0.137. The summed E-state index contributed by atoms with van der Waals surface area (Å²) in [5.74, 6) is 0.969. The summed E-state index contributed by atoms with van der Waals surface area (Å²) in [5, 5.41) is 3.06. The summed E-state index contributed by atoms with van der Waals surface area (Å²) < 4.78 is 5.71. The van der Waals surface area contributed by atoms with E-state index in [4.69, 9.17) is 4.74 Å². The number of benzene rings is 1. The van der Waals surface area contributed by atoms with E-state index in [1.54, 1.807) is 0 Å². The minimum Gasteiger partial charge on any atom is -0.494 e. The molecule has 3 rings (SSSR count). The number of nitrogens with one attached hydrogen (secondary N) is 1. The number of amides is 2. The van der Waals surface area contributed by atoms with Gasteiger partial charge in [-0.2, -0.15) is 0 Å². The highest BCUT2D eigenvalue weighted by Crippen LogP contribution is 2.20. The first kappa shape index (κ1) is 20.6. The van der Waals surface area contributed by atoms with E-state index in [0.717, 1.165) is 44.7 Å². The second-order valence-corrected chi connectivity index (χ2v) is 7.87. The molecule has 1 aromatic carbocycles. The maximum atomic E-state index is 12.8. The Morgan fingerprint density at radius 3 is 2.39 bits per heavy atom. The SMILES string of the molecule is CCCCCOc1ccc(C(=O)N2CCN(C(C)C(=O)NC3CC3)CC2)cc1. The molecule has 2 amide bonds. The lowest BCUT2D eigenvalue weighted by molar-refractivity contribution is -0.126. The average Bonchev–Trinajstić information content (AvgIpc) is 3.55. The summed E-state index contributed by atoms with van der Waals surface area (Å²) >= 11 is 0. The molecule has 0 bridgehead atoms. The molecule has 1 heterocycles. The molecule has 1 saturated carbocycles. The van der Waals surface area contributed by atoms with Gasteiger partial charge in [-0.1, -0.05) is 19.8 Å². The zero-order valence-corrected chi connectivity index (χ0v) is 17.2. The van der Waals surface area contributed by atoms with E-state index in [1.807, 2.05) is 36.1 Å². The van der Waals surface area contributed by atoms with Crippen molar-refractivity contribution in [3.05, 3.63) is 29.8 Å². The summed E-state index contributed by atoms with van der Waals surface area (Å²) in [5.41, 5.74) is 0.689. The summed E-state index contributed by atoms with van der Waals surface area (Å²) in [4.78, 5) is 29.0. The Bertz CT molecular complexity index is 649. The predicted molar refractivity (Wildman–Crippen MR) is 110 cm³/mol. The molecule has 1 atom stereocenters.